The van der Waals surface area contributed by atoms with Crippen molar-refractivity contribution in [2.45, 2.75) is 0 Å². The predicted molar refractivity (Wildman–Crippen MR) is 538 cm³/mol. The van der Waals surface area contributed by atoms with E-state index >= 15 is 0 Å². The molecule has 0 aromatic heterocycles. The largest absolute Gasteiger partial charge is 0.345 e. The van der Waals surface area contributed by atoms with Crippen molar-refractivity contribution in [2.24, 2.45) is 0 Å². The quantitative estimate of drug-likeness (QED) is 0.0841. The Morgan fingerprint density at radius 1 is 0.128 bits per heavy atom. The summed E-state index contributed by atoms with van der Waals surface area (Å²) in [6.45, 7) is 0. The van der Waals surface area contributed by atoms with E-state index in [1.54, 1.807) is 0 Å². The zero-order valence-electron chi connectivity index (χ0n) is 69.9. The van der Waals surface area contributed by atoms with Crippen LogP contribution in [0.25, 0.3) is 108 Å². The fraction of sp³-hybridized carbons (Fsp3) is 0.0252. The molecular weight excluding hydrogens is 1510 g/mol. The van der Waals surface area contributed by atoms with Crippen molar-refractivity contribution in [1.29, 1.82) is 0 Å². The molecule has 22 rings (SSSR count). The molecule has 0 fully saturated rings. The molecule has 596 valence electrons. The van der Waals surface area contributed by atoms with Gasteiger partial charge in [0.05, 0.1) is 39.8 Å². The molecule has 0 N–H and O–H groups in total. The third kappa shape index (κ3) is 15.6. The molecule has 22 aromatic carbocycles. The van der Waals surface area contributed by atoms with Crippen molar-refractivity contribution in [3.63, 3.8) is 0 Å². The summed E-state index contributed by atoms with van der Waals surface area (Å²) < 4.78 is 0. The van der Waals surface area contributed by atoms with Crippen LogP contribution in [0.15, 0.2) is 491 Å². The minimum atomic E-state index is 1.12. The highest BCUT2D eigenvalue weighted by Gasteiger charge is 2.24. The first kappa shape index (κ1) is 77.3. The van der Waals surface area contributed by atoms with Gasteiger partial charge in [-0.15, -0.1) is 0 Å². The van der Waals surface area contributed by atoms with Gasteiger partial charge in [0.15, 0.2) is 0 Å². The lowest BCUT2D eigenvalue weighted by atomic mass is 10.00. The van der Waals surface area contributed by atoms with Gasteiger partial charge in [0, 0.05) is 110 Å². The number of benzene rings is 22. The Hall–Kier alpha value is -16.3. The standard InChI is InChI=1S/C41H30N2.2C39H30N2/c1-42(41-37-20-8-4-14-31(37)28-32-15-5-9-21-38(32)41)33-24-26-34(27-25-33)43(39-22-10-16-29-12-2-6-18-35(29)39)40-23-11-17-30-13-3-7-19-36(30)40;1-40(35-19-9-18-32(28-35)29-12-3-2-4-13-29)33-24-26-34(27-25-33)41(38-22-10-16-30-14-5-7-20-36(30)38)39-23-11-17-31-15-6-8-21-37(31)39;1-40(33-23-21-30(22-24-33)29-11-3-2-4-12-29)34-25-27-35(28-26-34)41(38-19-9-15-31-13-5-7-17-36(31)38)39-20-10-16-32-14-6-8-18-37(32)39/h2-28H,1H3;2*2-28H,1H3. The third-order valence-corrected chi connectivity index (χ3v) is 24.3. The summed E-state index contributed by atoms with van der Waals surface area (Å²) in [5, 5.41) is 19.7. The van der Waals surface area contributed by atoms with Gasteiger partial charge in [0.2, 0.25) is 0 Å². The molecule has 0 atom stereocenters. The van der Waals surface area contributed by atoms with Crippen LogP contribution in [0.3, 0.4) is 0 Å². The number of hydrogen-bond donors (Lipinski definition) is 0. The normalized spacial score (nSPS) is 11.2. The zero-order valence-corrected chi connectivity index (χ0v) is 69.9. The highest BCUT2D eigenvalue weighted by atomic mass is 15.2. The first-order valence-corrected chi connectivity index (χ1v) is 42.8. The molecule has 0 saturated carbocycles. The van der Waals surface area contributed by atoms with Crippen LogP contribution in [-0.4, -0.2) is 21.1 Å². The van der Waals surface area contributed by atoms with Gasteiger partial charge in [-0.05, 0) is 205 Å². The number of nitrogens with zero attached hydrogens (tertiary/aromatic N) is 6. The molecule has 0 unspecified atom stereocenters. The predicted octanol–water partition coefficient (Wildman–Crippen LogP) is 33.3. The Balaban J connectivity index is 0.000000119. The van der Waals surface area contributed by atoms with Crippen LogP contribution in [0, 0.1) is 0 Å². The van der Waals surface area contributed by atoms with E-state index in [-0.39, 0.29) is 0 Å². The number of hydrogen-bond acceptors (Lipinski definition) is 6. The highest BCUT2D eigenvalue weighted by Crippen LogP contribution is 2.48. The Morgan fingerprint density at radius 3 is 0.648 bits per heavy atom. The number of fused-ring (bicyclic) bond motifs is 8. The van der Waals surface area contributed by atoms with Crippen LogP contribution in [0.1, 0.15) is 0 Å². The van der Waals surface area contributed by atoms with Crippen molar-refractivity contribution in [3.8, 4) is 22.3 Å². The lowest BCUT2D eigenvalue weighted by Crippen LogP contribution is -2.13. The molecular formula is C119H90N6. The van der Waals surface area contributed by atoms with Crippen LogP contribution in [0.2, 0.25) is 0 Å². The molecule has 0 aliphatic rings. The number of anilines is 15. The van der Waals surface area contributed by atoms with Crippen LogP contribution < -0.4 is 29.4 Å². The smallest absolute Gasteiger partial charge is 0.0567 e. The number of rotatable bonds is 17. The molecule has 0 heterocycles. The molecule has 0 spiro atoms. The summed E-state index contributed by atoms with van der Waals surface area (Å²) in [6, 6.07) is 176. The van der Waals surface area contributed by atoms with E-state index in [1.807, 2.05) is 0 Å². The first-order chi connectivity index (χ1) is 61.8. The highest BCUT2D eigenvalue weighted by molar-refractivity contribution is 6.14. The molecule has 0 aliphatic heterocycles. The third-order valence-electron chi connectivity index (χ3n) is 24.3. The van der Waals surface area contributed by atoms with Gasteiger partial charge < -0.3 is 29.4 Å². The van der Waals surface area contributed by atoms with Gasteiger partial charge in [0.1, 0.15) is 0 Å². The molecule has 6 heteroatoms. The summed E-state index contributed by atoms with van der Waals surface area (Å²) in [4.78, 5) is 14.0. The Kier molecular flexibility index (Phi) is 21.5. The average Bonchev–Trinajstić information content (AvgIpc) is 0.761. The van der Waals surface area contributed by atoms with E-state index in [0.29, 0.717) is 0 Å². The SMILES string of the molecule is CN(c1ccc(-c2ccccc2)cc1)c1ccc(N(c2cccc3ccccc23)c2cccc3ccccc23)cc1.CN(c1ccc(N(c2cccc3ccccc23)c2cccc3ccccc23)cc1)c1c2ccccc2cc2ccccc12.CN(c1ccc(N(c2cccc3ccccc23)c2cccc3ccccc23)cc1)c1cccc(-c2ccccc2)c1. The maximum absolute atomic E-state index is 2.40. The lowest BCUT2D eigenvalue weighted by Gasteiger charge is -2.29. The summed E-state index contributed by atoms with van der Waals surface area (Å²) >= 11 is 0. The van der Waals surface area contributed by atoms with Crippen molar-refractivity contribution in [3.05, 3.63) is 491 Å². The molecule has 6 nitrogen and oxygen atoms in total. The van der Waals surface area contributed by atoms with Gasteiger partial charge >= 0.3 is 0 Å². The van der Waals surface area contributed by atoms with Crippen LogP contribution in [0.5, 0.6) is 0 Å². The second kappa shape index (κ2) is 34.8. The maximum atomic E-state index is 2.40. The van der Waals surface area contributed by atoms with Crippen LogP contribution in [0.4, 0.5) is 85.3 Å². The fourth-order valence-electron chi connectivity index (χ4n) is 17.9. The molecule has 0 amide bonds. The van der Waals surface area contributed by atoms with E-state index in [2.05, 4.69) is 542 Å². The maximum Gasteiger partial charge on any atom is 0.0567 e. The van der Waals surface area contributed by atoms with E-state index < -0.39 is 0 Å². The van der Waals surface area contributed by atoms with E-state index in [1.165, 1.54) is 114 Å². The van der Waals surface area contributed by atoms with Crippen LogP contribution in [-0.2, 0) is 0 Å². The van der Waals surface area contributed by atoms with Gasteiger partial charge in [-0.25, -0.2) is 0 Å². The Bertz CT molecular complexity index is 7280. The zero-order chi connectivity index (χ0) is 83.9. The summed E-state index contributed by atoms with van der Waals surface area (Å²) in [5.74, 6) is 0. The van der Waals surface area contributed by atoms with Gasteiger partial charge in [-0.3, -0.25) is 0 Å². The molecule has 0 aliphatic carbocycles. The van der Waals surface area contributed by atoms with E-state index in [9.17, 15) is 0 Å². The van der Waals surface area contributed by atoms with E-state index in [4.69, 9.17) is 0 Å². The Morgan fingerprint density at radius 2 is 0.336 bits per heavy atom. The van der Waals surface area contributed by atoms with Crippen LogP contribution >= 0.6 is 0 Å². The minimum absolute atomic E-state index is 1.12. The second-order valence-electron chi connectivity index (χ2n) is 31.7. The topological polar surface area (TPSA) is 19.4 Å². The van der Waals surface area contributed by atoms with Crippen molar-refractivity contribution in [1.82, 2.24) is 0 Å². The molecule has 0 radical (unpaired) electrons. The van der Waals surface area contributed by atoms with Gasteiger partial charge in [-0.1, -0.05) is 352 Å². The van der Waals surface area contributed by atoms with E-state index in [0.717, 1.165) is 79.6 Å². The van der Waals surface area contributed by atoms with Crippen molar-refractivity contribution < 1.29 is 0 Å². The monoisotopic (exact) mass is 1600 g/mol. The van der Waals surface area contributed by atoms with Crippen molar-refractivity contribution >= 4 is 171 Å². The van der Waals surface area contributed by atoms with Crippen molar-refractivity contribution in [2.75, 3.05) is 50.5 Å². The second-order valence-corrected chi connectivity index (χ2v) is 31.7. The Labute approximate surface area is 730 Å². The molecule has 125 heavy (non-hydrogen) atoms. The molecule has 0 saturated heterocycles. The average molecular weight is 1600 g/mol. The first-order valence-electron chi connectivity index (χ1n) is 42.8. The van der Waals surface area contributed by atoms with Gasteiger partial charge in [-0.2, -0.15) is 0 Å². The fourth-order valence-corrected chi connectivity index (χ4v) is 17.9. The van der Waals surface area contributed by atoms with Gasteiger partial charge in [0.25, 0.3) is 0 Å². The minimum Gasteiger partial charge on any atom is -0.345 e. The molecule has 0 bridgehead atoms. The summed E-state index contributed by atoms with van der Waals surface area (Å²) in [6.07, 6.45) is 0. The molecule has 22 aromatic rings. The summed E-state index contributed by atoms with van der Waals surface area (Å²) in [5.41, 5.74) is 22.2. The lowest BCUT2D eigenvalue weighted by molar-refractivity contribution is 1.20. The summed E-state index contributed by atoms with van der Waals surface area (Å²) in [7, 11) is 6.43.